The Balaban J connectivity index is 1.99. The second-order valence-corrected chi connectivity index (χ2v) is 7.08. The van der Waals surface area contributed by atoms with Crippen molar-refractivity contribution >= 4 is 27.5 Å². The maximum Gasteiger partial charge on any atom is 0.258 e. The summed E-state index contributed by atoms with van der Waals surface area (Å²) in [4.78, 5) is 15.1. The van der Waals surface area contributed by atoms with Gasteiger partial charge in [-0.3, -0.25) is 4.79 Å². The molecule has 0 heterocycles. The van der Waals surface area contributed by atoms with E-state index in [1.165, 1.54) is 5.56 Å². The molecule has 25 heavy (non-hydrogen) atoms. The number of carbonyl (C=O) groups excluding carboxylic acids is 1. The number of amides is 1. The van der Waals surface area contributed by atoms with E-state index in [0.29, 0.717) is 6.54 Å². The fraction of sp³-hybridized carbons (Fsp3) is 0.136. The van der Waals surface area contributed by atoms with Crippen molar-refractivity contribution in [2.75, 3.05) is 4.90 Å². The van der Waals surface area contributed by atoms with E-state index in [9.17, 15) is 4.79 Å². The Morgan fingerprint density at radius 2 is 1.52 bits per heavy atom. The molecule has 2 nitrogen and oxygen atoms in total. The maximum atomic E-state index is 13.2. The van der Waals surface area contributed by atoms with Crippen LogP contribution in [-0.4, -0.2) is 5.91 Å². The van der Waals surface area contributed by atoms with Crippen molar-refractivity contribution in [3.8, 4) is 0 Å². The summed E-state index contributed by atoms with van der Waals surface area (Å²) in [6, 6.07) is 23.9. The molecule has 126 valence electrons. The highest BCUT2D eigenvalue weighted by Gasteiger charge is 2.19. The number of anilines is 1. The Morgan fingerprint density at radius 3 is 2.16 bits per heavy atom. The molecule has 0 saturated heterocycles. The minimum atomic E-state index is 0.0184. The lowest BCUT2D eigenvalue weighted by molar-refractivity contribution is 0.0984. The molecule has 0 N–H and O–H groups in total. The minimum Gasteiger partial charge on any atom is -0.304 e. The van der Waals surface area contributed by atoms with Crippen LogP contribution in [0.25, 0.3) is 0 Å². The summed E-state index contributed by atoms with van der Waals surface area (Å²) < 4.78 is 1.03. The van der Waals surface area contributed by atoms with Crippen LogP contribution in [0.2, 0.25) is 0 Å². The van der Waals surface area contributed by atoms with Crippen molar-refractivity contribution < 1.29 is 4.79 Å². The molecule has 0 radical (unpaired) electrons. The van der Waals surface area contributed by atoms with Crippen molar-refractivity contribution in [1.29, 1.82) is 0 Å². The topological polar surface area (TPSA) is 20.3 Å². The predicted octanol–water partition coefficient (Wildman–Crippen LogP) is 5.91. The summed E-state index contributed by atoms with van der Waals surface area (Å²) >= 11 is 3.46. The van der Waals surface area contributed by atoms with E-state index in [1.807, 2.05) is 91.5 Å². The van der Waals surface area contributed by atoms with Gasteiger partial charge in [-0.15, -0.1) is 0 Å². The van der Waals surface area contributed by atoms with Crippen LogP contribution in [0.4, 0.5) is 5.69 Å². The highest BCUT2D eigenvalue weighted by Crippen LogP contribution is 2.23. The maximum absolute atomic E-state index is 13.2. The lowest BCUT2D eigenvalue weighted by atomic mass is 10.1. The van der Waals surface area contributed by atoms with Gasteiger partial charge in [-0.1, -0.05) is 64.0 Å². The second kappa shape index (κ2) is 7.66. The van der Waals surface area contributed by atoms with Gasteiger partial charge in [0.15, 0.2) is 0 Å². The summed E-state index contributed by atoms with van der Waals surface area (Å²) in [6.45, 7) is 4.55. The Bertz CT molecular complexity index is 869. The first-order chi connectivity index (χ1) is 12.0. The molecule has 0 unspecified atom stereocenters. The monoisotopic (exact) mass is 393 g/mol. The van der Waals surface area contributed by atoms with Gasteiger partial charge in [-0.25, -0.2) is 0 Å². The molecular formula is C22H20BrNO. The number of halogens is 1. The number of benzene rings is 3. The van der Waals surface area contributed by atoms with Crippen molar-refractivity contribution in [3.05, 3.63) is 99.5 Å². The standard InChI is InChI=1S/C22H20BrNO/c1-16-7-13-20(14-8-16)24(15-18-9-11-19(23)12-10-18)22(25)21-6-4-3-5-17(21)2/h3-14H,15H2,1-2H3. The van der Waals surface area contributed by atoms with E-state index in [0.717, 1.165) is 26.9 Å². The van der Waals surface area contributed by atoms with E-state index < -0.39 is 0 Å². The summed E-state index contributed by atoms with van der Waals surface area (Å²) in [5.41, 5.74) is 4.89. The molecular weight excluding hydrogens is 374 g/mol. The number of nitrogens with zero attached hydrogens (tertiary/aromatic N) is 1. The average molecular weight is 394 g/mol. The fourth-order valence-electron chi connectivity index (χ4n) is 2.74. The van der Waals surface area contributed by atoms with E-state index >= 15 is 0 Å². The van der Waals surface area contributed by atoms with Gasteiger partial charge in [0.25, 0.3) is 5.91 Å². The second-order valence-electron chi connectivity index (χ2n) is 6.17. The lowest BCUT2D eigenvalue weighted by Gasteiger charge is -2.24. The summed E-state index contributed by atoms with van der Waals surface area (Å²) in [7, 11) is 0. The zero-order chi connectivity index (χ0) is 17.8. The van der Waals surface area contributed by atoms with E-state index in [-0.39, 0.29) is 5.91 Å². The van der Waals surface area contributed by atoms with Crippen molar-refractivity contribution in [2.24, 2.45) is 0 Å². The third-order valence-corrected chi connectivity index (χ3v) is 4.75. The largest absolute Gasteiger partial charge is 0.304 e. The zero-order valence-electron chi connectivity index (χ0n) is 14.4. The average Bonchev–Trinajstić information content (AvgIpc) is 2.62. The normalized spacial score (nSPS) is 10.5. The van der Waals surface area contributed by atoms with Gasteiger partial charge in [-0.2, -0.15) is 0 Å². The van der Waals surface area contributed by atoms with Crippen LogP contribution in [-0.2, 0) is 6.54 Å². The molecule has 3 aromatic rings. The molecule has 0 saturated carbocycles. The number of hydrogen-bond acceptors (Lipinski definition) is 1. The summed E-state index contributed by atoms with van der Waals surface area (Å²) in [5.74, 6) is 0.0184. The van der Waals surface area contributed by atoms with Crippen LogP contribution >= 0.6 is 15.9 Å². The SMILES string of the molecule is Cc1ccc(N(Cc2ccc(Br)cc2)C(=O)c2ccccc2C)cc1. The number of carbonyl (C=O) groups is 1. The predicted molar refractivity (Wildman–Crippen MR) is 107 cm³/mol. The van der Waals surface area contributed by atoms with Crippen LogP contribution < -0.4 is 4.90 Å². The number of hydrogen-bond donors (Lipinski definition) is 0. The van der Waals surface area contributed by atoms with Crippen LogP contribution in [0.5, 0.6) is 0 Å². The quantitative estimate of drug-likeness (QED) is 0.539. The van der Waals surface area contributed by atoms with Gasteiger partial charge < -0.3 is 4.90 Å². The molecule has 1 amide bonds. The van der Waals surface area contributed by atoms with Crippen LogP contribution in [0.1, 0.15) is 27.0 Å². The third kappa shape index (κ3) is 4.18. The third-order valence-electron chi connectivity index (χ3n) is 4.22. The smallest absolute Gasteiger partial charge is 0.258 e. The highest BCUT2D eigenvalue weighted by molar-refractivity contribution is 9.10. The van der Waals surface area contributed by atoms with Gasteiger partial charge in [0, 0.05) is 15.7 Å². The molecule has 0 atom stereocenters. The lowest BCUT2D eigenvalue weighted by Crippen LogP contribution is -2.31. The van der Waals surface area contributed by atoms with Gasteiger partial charge >= 0.3 is 0 Å². The molecule has 0 spiro atoms. The molecule has 0 fully saturated rings. The van der Waals surface area contributed by atoms with E-state index in [1.54, 1.807) is 0 Å². The first-order valence-electron chi connectivity index (χ1n) is 8.23. The summed E-state index contributed by atoms with van der Waals surface area (Å²) in [5, 5.41) is 0. The molecule has 3 heteroatoms. The summed E-state index contributed by atoms with van der Waals surface area (Å²) in [6.07, 6.45) is 0. The number of rotatable bonds is 4. The van der Waals surface area contributed by atoms with Gasteiger partial charge in [0.05, 0.1) is 6.54 Å². The molecule has 0 aliphatic carbocycles. The first-order valence-corrected chi connectivity index (χ1v) is 9.02. The minimum absolute atomic E-state index is 0.0184. The van der Waals surface area contributed by atoms with Crippen LogP contribution in [0.15, 0.2) is 77.3 Å². The Labute approximate surface area is 157 Å². The molecule has 3 rings (SSSR count). The molecule has 0 aliphatic heterocycles. The zero-order valence-corrected chi connectivity index (χ0v) is 16.0. The Hall–Kier alpha value is -2.39. The van der Waals surface area contributed by atoms with Crippen LogP contribution in [0.3, 0.4) is 0 Å². The van der Waals surface area contributed by atoms with Gasteiger partial charge in [0.1, 0.15) is 0 Å². The van der Waals surface area contributed by atoms with E-state index in [2.05, 4.69) is 15.9 Å². The van der Waals surface area contributed by atoms with E-state index in [4.69, 9.17) is 0 Å². The molecule has 0 aliphatic rings. The van der Waals surface area contributed by atoms with Crippen molar-refractivity contribution in [1.82, 2.24) is 0 Å². The molecule has 0 aromatic heterocycles. The highest BCUT2D eigenvalue weighted by atomic mass is 79.9. The van der Waals surface area contributed by atoms with Crippen molar-refractivity contribution in [2.45, 2.75) is 20.4 Å². The van der Waals surface area contributed by atoms with Gasteiger partial charge in [-0.05, 0) is 55.3 Å². The fourth-order valence-corrected chi connectivity index (χ4v) is 3.00. The molecule has 0 bridgehead atoms. The van der Waals surface area contributed by atoms with Crippen LogP contribution in [0, 0.1) is 13.8 Å². The molecule has 3 aromatic carbocycles. The Kier molecular flexibility index (Phi) is 5.34. The first kappa shape index (κ1) is 17.4. The number of aryl methyl sites for hydroxylation is 2. The van der Waals surface area contributed by atoms with Gasteiger partial charge in [0.2, 0.25) is 0 Å². The Morgan fingerprint density at radius 1 is 0.880 bits per heavy atom. The van der Waals surface area contributed by atoms with Crippen molar-refractivity contribution in [3.63, 3.8) is 0 Å².